The van der Waals surface area contributed by atoms with E-state index in [1.165, 1.54) is 0 Å². The molecule has 0 bridgehead atoms. The van der Waals surface area contributed by atoms with Crippen molar-refractivity contribution in [3.8, 4) is 0 Å². The zero-order valence-corrected chi connectivity index (χ0v) is 12.0. The molecule has 0 aliphatic rings. The van der Waals surface area contributed by atoms with E-state index in [1.807, 2.05) is 6.07 Å². The van der Waals surface area contributed by atoms with Crippen molar-refractivity contribution in [1.29, 1.82) is 0 Å². The number of amides is 1. The molecule has 1 amide bonds. The van der Waals surface area contributed by atoms with Crippen molar-refractivity contribution in [3.05, 3.63) is 24.0 Å². The van der Waals surface area contributed by atoms with E-state index in [0.29, 0.717) is 18.7 Å². The van der Waals surface area contributed by atoms with E-state index in [0.717, 1.165) is 25.1 Å². The van der Waals surface area contributed by atoms with Gasteiger partial charge in [0.15, 0.2) is 0 Å². The van der Waals surface area contributed by atoms with E-state index in [1.54, 1.807) is 31.5 Å². The van der Waals surface area contributed by atoms with Gasteiger partial charge in [-0.3, -0.25) is 9.78 Å². The largest absolute Gasteiger partial charge is 0.385 e. The van der Waals surface area contributed by atoms with Gasteiger partial charge in [-0.1, -0.05) is 6.92 Å². The second kappa shape index (κ2) is 8.48. The minimum absolute atomic E-state index is 0.0113. The monoisotopic (exact) mass is 265 g/mol. The lowest BCUT2D eigenvalue weighted by Gasteiger charge is -2.19. The summed E-state index contributed by atoms with van der Waals surface area (Å²) in [7, 11) is 3.46. The number of carbonyl (C=O) groups is 1. The van der Waals surface area contributed by atoms with Crippen LogP contribution in [-0.4, -0.2) is 49.6 Å². The fraction of sp³-hybridized carbons (Fsp3) is 0.571. The molecule has 0 unspecified atom stereocenters. The van der Waals surface area contributed by atoms with Crippen molar-refractivity contribution in [2.75, 3.05) is 39.2 Å². The quantitative estimate of drug-likeness (QED) is 0.731. The third-order valence-electron chi connectivity index (χ3n) is 2.81. The summed E-state index contributed by atoms with van der Waals surface area (Å²) in [6.07, 6.45) is 5.16. The molecule has 19 heavy (non-hydrogen) atoms. The molecular formula is C14H23N3O2. The molecule has 1 rings (SSSR count). The predicted molar refractivity (Wildman–Crippen MR) is 76.5 cm³/mol. The Morgan fingerprint density at radius 1 is 1.53 bits per heavy atom. The molecule has 0 fully saturated rings. The van der Waals surface area contributed by atoms with E-state index in [4.69, 9.17) is 4.74 Å². The Hall–Kier alpha value is -1.62. The lowest BCUT2D eigenvalue weighted by atomic mass is 10.2. The van der Waals surface area contributed by atoms with Crippen molar-refractivity contribution in [2.45, 2.75) is 19.8 Å². The molecule has 0 aliphatic heterocycles. The number of methoxy groups -OCH3 is 1. The molecule has 0 radical (unpaired) electrons. The highest BCUT2D eigenvalue weighted by Crippen LogP contribution is 2.15. The first kappa shape index (κ1) is 15.4. The van der Waals surface area contributed by atoms with Crippen LogP contribution in [0.1, 0.15) is 30.1 Å². The van der Waals surface area contributed by atoms with Crippen molar-refractivity contribution in [2.24, 2.45) is 0 Å². The molecule has 0 aromatic carbocycles. The number of nitrogens with zero attached hydrogens (tertiary/aromatic N) is 2. The average molecular weight is 265 g/mol. The summed E-state index contributed by atoms with van der Waals surface area (Å²) in [5.74, 6) is -0.0113. The third kappa shape index (κ3) is 4.87. The Labute approximate surface area is 115 Å². The highest BCUT2D eigenvalue weighted by Gasteiger charge is 2.15. The molecule has 0 saturated heterocycles. The van der Waals surface area contributed by atoms with Crippen LogP contribution in [0.15, 0.2) is 18.5 Å². The first-order chi connectivity index (χ1) is 9.20. The van der Waals surface area contributed by atoms with Gasteiger partial charge in [0.1, 0.15) is 0 Å². The third-order valence-corrected chi connectivity index (χ3v) is 2.81. The molecule has 0 atom stereocenters. The van der Waals surface area contributed by atoms with Crippen LogP contribution in [0.3, 0.4) is 0 Å². The Morgan fingerprint density at radius 2 is 2.32 bits per heavy atom. The number of ether oxygens (including phenoxy) is 1. The van der Waals surface area contributed by atoms with Crippen molar-refractivity contribution >= 4 is 11.6 Å². The number of hydrogen-bond acceptors (Lipinski definition) is 4. The molecular weight excluding hydrogens is 242 g/mol. The Balaban J connectivity index is 2.69. The fourth-order valence-electron chi connectivity index (χ4n) is 1.73. The van der Waals surface area contributed by atoms with Crippen molar-refractivity contribution in [1.82, 2.24) is 9.88 Å². The first-order valence-electron chi connectivity index (χ1n) is 6.63. The van der Waals surface area contributed by atoms with Gasteiger partial charge in [0, 0.05) is 46.2 Å². The van der Waals surface area contributed by atoms with Crippen LogP contribution in [0.5, 0.6) is 0 Å². The van der Waals surface area contributed by atoms with Crippen LogP contribution in [0.25, 0.3) is 0 Å². The van der Waals surface area contributed by atoms with E-state index >= 15 is 0 Å². The van der Waals surface area contributed by atoms with Gasteiger partial charge in [0.25, 0.3) is 5.91 Å². The maximum Gasteiger partial charge on any atom is 0.257 e. The van der Waals surface area contributed by atoms with E-state index in [-0.39, 0.29) is 5.91 Å². The highest BCUT2D eigenvalue weighted by molar-refractivity contribution is 5.99. The number of hydrogen-bond donors (Lipinski definition) is 1. The summed E-state index contributed by atoms with van der Waals surface area (Å²) >= 11 is 0. The van der Waals surface area contributed by atoms with Gasteiger partial charge in [-0.05, 0) is 18.9 Å². The lowest BCUT2D eigenvalue weighted by Crippen LogP contribution is -2.29. The topological polar surface area (TPSA) is 54.5 Å². The van der Waals surface area contributed by atoms with Crippen LogP contribution in [0.2, 0.25) is 0 Å². The van der Waals surface area contributed by atoms with Crippen LogP contribution in [-0.2, 0) is 4.74 Å². The predicted octanol–water partition coefficient (Wildman–Crippen LogP) is 2.01. The summed E-state index contributed by atoms with van der Waals surface area (Å²) < 4.78 is 4.99. The number of rotatable bonds is 8. The first-order valence-corrected chi connectivity index (χ1v) is 6.63. The fourth-order valence-corrected chi connectivity index (χ4v) is 1.73. The van der Waals surface area contributed by atoms with Crippen LogP contribution >= 0.6 is 0 Å². The van der Waals surface area contributed by atoms with Crippen LogP contribution < -0.4 is 5.32 Å². The van der Waals surface area contributed by atoms with Gasteiger partial charge in [-0.15, -0.1) is 0 Å². The summed E-state index contributed by atoms with van der Waals surface area (Å²) in [4.78, 5) is 18.1. The zero-order valence-electron chi connectivity index (χ0n) is 12.0. The maximum absolute atomic E-state index is 12.3. The maximum atomic E-state index is 12.3. The van der Waals surface area contributed by atoms with Crippen molar-refractivity contribution < 1.29 is 9.53 Å². The number of aromatic nitrogens is 1. The van der Waals surface area contributed by atoms with Gasteiger partial charge in [0.2, 0.25) is 0 Å². The van der Waals surface area contributed by atoms with Gasteiger partial charge in [-0.2, -0.15) is 0 Å². The molecule has 0 saturated carbocycles. The minimum Gasteiger partial charge on any atom is -0.385 e. The Bertz CT molecular complexity index is 396. The smallest absolute Gasteiger partial charge is 0.257 e. The molecule has 0 spiro atoms. The number of nitrogens with one attached hydrogen (secondary N) is 1. The summed E-state index contributed by atoms with van der Waals surface area (Å²) in [6, 6.07) is 1.84. The summed E-state index contributed by atoms with van der Waals surface area (Å²) in [5, 5.41) is 3.25. The number of pyridine rings is 1. The Morgan fingerprint density at radius 3 is 3.00 bits per heavy atom. The molecule has 1 aromatic rings. The van der Waals surface area contributed by atoms with Crippen molar-refractivity contribution in [3.63, 3.8) is 0 Å². The molecule has 106 valence electrons. The molecule has 5 heteroatoms. The molecule has 0 aliphatic carbocycles. The van der Waals surface area contributed by atoms with Gasteiger partial charge in [-0.25, -0.2) is 0 Å². The molecule has 1 aromatic heterocycles. The summed E-state index contributed by atoms with van der Waals surface area (Å²) in [5.41, 5.74) is 1.47. The van der Waals surface area contributed by atoms with E-state index < -0.39 is 0 Å². The lowest BCUT2D eigenvalue weighted by molar-refractivity contribution is 0.0780. The molecule has 5 nitrogen and oxygen atoms in total. The van der Waals surface area contributed by atoms with E-state index in [9.17, 15) is 4.79 Å². The zero-order chi connectivity index (χ0) is 14.1. The van der Waals surface area contributed by atoms with Crippen LogP contribution in [0.4, 0.5) is 5.69 Å². The second-order valence-electron chi connectivity index (χ2n) is 4.42. The van der Waals surface area contributed by atoms with E-state index in [2.05, 4.69) is 17.2 Å². The average Bonchev–Trinajstić information content (AvgIpc) is 2.44. The Kier molecular flexibility index (Phi) is 6.89. The highest BCUT2D eigenvalue weighted by atomic mass is 16.5. The van der Waals surface area contributed by atoms with Gasteiger partial charge in [0.05, 0.1) is 11.3 Å². The summed E-state index contributed by atoms with van der Waals surface area (Å²) in [6.45, 7) is 4.27. The molecule has 1 N–H and O–H groups in total. The SMILES string of the molecule is CCCNc1ccncc1C(=O)N(C)CCCOC. The number of carbonyl (C=O) groups excluding carboxylic acids is 1. The van der Waals surface area contributed by atoms with Gasteiger partial charge >= 0.3 is 0 Å². The number of anilines is 1. The van der Waals surface area contributed by atoms with Crippen LogP contribution in [0, 0.1) is 0 Å². The normalized spacial score (nSPS) is 10.3. The second-order valence-corrected chi connectivity index (χ2v) is 4.42. The standard InChI is InChI=1S/C14H23N3O2/c1-4-7-16-13-6-8-15-11-12(13)14(18)17(2)9-5-10-19-3/h6,8,11H,4-5,7,9-10H2,1-3H3,(H,15,16). The van der Waals surface area contributed by atoms with Gasteiger partial charge < -0.3 is 15.0 Å². The molecule has 1 heterocycles. The minimum atomic E-state index is -0.0113.